The van der Waals surface area contributed by atoms with Crippen LogP contribution in [-0.4, -0.2) is 21.9 Å². The van der Waals surface area contributed by atoms with Crippen LogP contribution in [0.15, 0.2) is 18.2 Å². The number of aliphatic hydroxyl groups is 2. The number of aliphatic hydroxyl groups excluding tert-OH is 1. The number of hydrogen-bond acceptors (Lipinski definition) is 2. The highest BCUT2D eigenvalue weighted by atomic mass is 35.5. The first kappa shape index (κ1) is 12.5. The maximum Gasteiger partial charge on any atom is 0.0861 e. The van der Waals surface area contributed by atoms with Crippen molar-refractivity contribution in [3.63, 3.8) is 0 Å². The van der Waals surface area contributed by atoms with Crippen molar-refractivity contribution in [2.75, 3.05) is 0 Å². The highest BCUT2D eigenvalue weighted by Gasteiger charge is 2.24. The molecule has 1 aromatic carbocycles. The fourth-order valence-electron chi connectivity index (χ4n) is 1.31. The minimum atomic E-state index is -1.08. The number of hydrogen-bond donors (Lipinski definition) is 2. The van der Waals surface area contributed by atoms with E-state index in [1.165, 1.54) is 0 Å². The van der Waals surface area contributed by atoms with Gasteiger partial charge in [-0.2, -0.15) is 0 Å². The van der Waals surface area contributed by atoms with Crippen molar-refractivity contribution in [2.45, 2.75) is 38.9 Å². The summed E-state index contributed by atoms with van der Waals surface area (Å²) in [6, 6.07) is 5.60. The average molecular weight is 229 g/mol. The van der Waals surface area contributed by atoms with Crippen LogP contribution in [-0.2, 0) is 6.42 Å². The maximum absolute atomic E-state index is 9.72. The topological polar surface area (TPSA) is 40.5 Å². The number of aryl methyl sites for hydroxylation is 1. The van der Waals surface area contributed by atoms with Gasteiger partial charge < -0.3 is 10.2 Å². The van der Waals surface area contributed by atoms with Crippen LogP contribution in [0.4, 0.5) is 0 Å². The third-order valence-corrected chi connectivity index (χ3v) is 2.89. The second kappa shape index (κ2) is 4.52. The lowest BCUT2D eigenvalue weighted by Gasteiger charge is -2.24. The number of halogens is 1. The third-order valence-electron chi connectivity index (χ3n) is 2.47. The first-order valence-corrected chi connectivity index (χ1v) is 5.34. The SMILES string of the molecule is Cc1cc(CC(O)C(C)(C)O)ccc1Cl. The van der Waals surface area contributed by atoms with E-state index in [2.05, 4.69) is 0 Å². The van der Waals surface area contributed by atoms with Crippen LogP contribution in [0, 0.1) is 6.92 Å². The van der Waals surface area contributed by atoms with E-state index in [0.717, 1.165) is 16.1 Å². The van der Waals surface area contributed by atoms with E-state index in [9.17, 15) is 10.2 Å². The van der Waals surface area contributed by atoms with Gasteiger partial charge in [-0.3, -0.25) is 0 Å². The smallest absolute Gasteiger partial charge is 0.0861 e. The molecule has 1 rings (SSSR count). The molecule has 0 bridgehead atoms. The summed E-state index contributed by atoms with van der Waals surface area (Å²) in [5.74, 6) is 0. The van der Waals surface area contributed by atoms with Gasteiger partial charge in [-0.05, 0) is 38.0 Å². The van der Waals surface area contributed by atoms with E-state index < -0.39 is 11.7 Å². The van der Waals surface area contributed by atoms with Crippen molar-refractivity contribution in [1.82, 2.24) is 0 Å². The summed E-state index contributed by atoms with van der Waals surface area (Å²) in [4.78, 5) is 0. The molecule has 0 fully saturated rings. The maximum atomic E-state index is 9.72. The van der Waals surface area contributed by atoms with Crippen LogP contribution in [0.5, 0.6) is 0 Å². The zero-order valence-electron chi connectivity index (χ0n) is 9.29. The lowest BCUT2D eigenvalue weighted by Crippen LogP contribution is -2.37. The normalized spacial score (nSPS) is 14.0. The van der Waals surface area contributed by atoms with Crippen LogP contribution >= 0.6 is 11.6 Å². The van der Waals surface area contributed by atoms with Gasteiger partial charge in [0.25, 0.3) is 0 Å². The Morgan fingerprint density at radius 2 is 2.00 bits per heavy atom. The lowest BCUT2D eigenvalue weighted by molar-refractivity contribution is -0.0469. The Morgan fingerprint density at radius 1 is 1.40 bits per heavy atom. The summed E-state index contributed by atoms with van der Waals surface area (Å²) in [7, 11) is 0. The molecule has 0 saturated heterocycles. The van der Waals surface area contributed by atoms with E-state index >= 15 is 0 Å². The zero-order valence-corrected chi connectivity index (χ0v) is 10.0. The molecule has 3 heteroatoms. The van der Waals surface area contributed by atoms with Gasteiger partial charge in [-0.15, -0.1) is 0 Å². The molecular formula is C12H17ClO2. The molecule has 0 heterocycles. The summed E-state index contributed by atoms with van der Waals surface area (Å²) in [6.07, 6.45) is -0.334. The molecule has 0 aliphatic carbocycles. The Balaban J connectivity index is 2.78. The molecule has 1 aromatic rings. The predicted molar refractivity (Wildman–Crippen MR) is 62.2 cm³/mol. The van der Waals surface area contributed by atoms with Crippen LogP contribution in [0.1, 0.15) is 25.0 Å². The van der Waals surface area contributed by atoms with Gasteiger partial charge in [0.2, 0.25) is 0 Å². The van der Waals surface area contributed by atoms with E-state index in [-0.39, 0.29) is 0 Å². The quantitative estimate of drug-likeness (QED) is 0.834. The Labute approximate surface area is 95.5 Å². The van der Waals surface area contributed by atoms with Gasteiger partial charge in [-0.25, -0.2) is 0 Å². The summed E-state index contributed by atoms with van der Waals surface area (Å²) in [5, 5.41) is 20.0. The Hall–Kier alpha value is -0.570. The van der Waals surface area contributed by atoms with Gasteiger partial charge in [0.1, 0.15) is 0 Å². The Kier molecular flexibility index (Phi) is 3.77. The third kappa shape index (κ3) is 3.49. The van der Waals surface area contributed by atoms with Crippen LogP contribution in [0.3, 0.4) is 0 Å². The monoisotopic (exact) mass is 228 g/mol. The van der Waals surface area contributed by atoms with Gasteiger partial charge in [0.15, 0.2) is 0 Å². The van der Waals surface area contributed by atoms with E-state index in [1.807, 2.05) is 25.1 Å². The van der Waals surface area contributed by atoms with Crippen LogP contribution in [0.2, 0.25) is 5.02 Å². The van der Waals surface area contributed by atoms with E-state index in [1.54, 1.807) is 13.8 Å². The fourth-order valence-corrected chi connectivity index (χ4v) is 1.42. The molecule has 84 valence electrons. The summed E-state index contributed by atoms with van der Waals surface area (Å²) in [6.45, 7) is 5.11. The first-order chi connectivity index (χ1) is 6.80. The molecule has 0 amide bonds. The highest BCUT2D eigenvalue weighted by molar-refractivity contribution is 6.31. The van der Waals surface area contributed by atoms with Gasteiger partial charge in [-0.1, -0.05) is 23.7 Å². The molecule has 1 atom stereocenters. The predicted octanol–water partition coefficient (Wildman–Crippen LogP) is 2.32. The molecule has 15 heavy (non-hydrogen) atoms. The van der Waals surface area contributed by atoms with Crippen molar-refractivity contribution in [3.8, 4) is 0 Å². The van der Waals surface area contributed by atoms with Crippen LogP contribution in [0.25, 0.3) is 0 Å². The minimum absolute atomic E-state index is 0.432. The Bertz CT molecular complexity index is 342. The first-order valence-electron chi connectivity index (χ1n) is 4.96. The average Bonchev–Trinajstić information content (AvgIpc) is 2.10. The van der Waals surface area contributed by atoms with E-state index in [4.69, 9.17) is 11.6 Å². The summed E-state index contributed by atoms with van der Waals surface area (Å²) in [5.41, 5.74) is 0.886. The van der Waals surface area contributed by atoms with Crippen molar-refractivity contribution < 1.29 is 10.2 Å². The molecule has 0 aliphatic rings. The molecule has 0 aliphatic heterocycles. The molecule has 1 unspecified atom stereocenters. The molecule has 0 aromatic heterocycles. The lowest BCUT2D eigenvalue weighted by atomic mass is 9.95. The minimum Gasteiger partial charge on any atom is -0.390 e. The van der Waals surface area contributed by atoms with Crippen molar-refractivity contribution in [1.29, 1.82) is 0 Å². The standard InChI is InChI=1S/C12H17ClO2/c1-8-6-9(4-5-10(8)13)7-11(14)12(2,3)15/h4-6,11,14-15H,7H2,1-3H3. The zero-order chi connectivity index (χ0) is 11.6. The van der Waals surface area contributed by atoms with Crippen molar-refractivity contribution in [2.24, 2.45) is 0 Å². The molecule has 2 nitrogen and oxygen atoms in total. The van der Waals surface area contributed by atoms with Crippen molar-refractivity contribution in [3.05, 3.63) is 34.3 Å². The number of benzene rings is 1. The van der Waals surface area contributed by atoms with Gasteiger partial charge >= 0.3 is 0 Å². The summed E-state index contributed by atoms with van der Waals surface area (Å²) < 4.78 is 0. The fraction of sp³-hybridized carbons (Fsp3) is 0.500. The van der Waals surface area contributed by atoms with Crippen molar-refractivity contribution >= 4 is 11.6 Å². The summed E-state index contributed by atoms with van der Waals surface area (Å²) >= 11 is 5.90. The Morgan fingerprint density at radius 3 is 2.47 bits per heavy atom. The van der Waals surface area contributed by atoms with E-state index in [0.29, 0.717) is 6.42 Å². The molecule has 0 radical (unpaired) electrons. The van der Waals surface area contributed by atoms with Gasteiger partial charge in [0, 0.05) is 11.4 Å². The molecule has 0 saturated carbocycles. The van der Waals surface area contributed by atoms with Crippen LogP contribution < -0.4 is 0 Å². The number of rotatable bonds is 3. The molecule has 2 N–H and O–H groups in total. The second-order valence-corrected chi connectivity index (χ2v) is 4.86. The second-order valence-electron chi connectivity index (χ2n) is 4.46. The van der Waals surface area contributed by atoms with Gasteiger partial charge in [0.05, 0.1) is 11.7 Å². The molecule has 0 spiro atoms. The highest BCUT2D eigenvalue weighted by Crippen LogP contribution is 2.19. The molecular weight excluding hydrogens is 212 g/mol. The largest absolute Gasteiger partial charge is 0.390 e.